The molecule has 4 heteroatoms. The first-order chi connectivity index (χ1) is 25.8. The van der Waals surface area contributed by atoms with Crippen LogP contribution in [0.1, 0.15) is 62.7 Å². The molecule has 246 valence electrons. The van der Waals surface area contributed by atoms with Crippen LogP contribution in [0.4, 0.5) is 0 Å². The van der Waals surface area contributed by atoms with Gasteiger partial charge < -0.3 is 10.1 Å². The first kappa shape index (κ1) is 29.2. The van der Waals surface area contributed by atoms with Gasteiger partial charge in [-0.1, -0.05) is 152 Å². The van der Waals surface area contributed by atoms with Gasteiger partial charge >= 0.3 is 0 Å². The fourth-order valence-corrected chi connectivity index (χ4v) is 8.98. The molecule has 52 heavy (non-hydrogen) atoms. The normalized spacial score (nSPS) is 17.1. The zero-order valence-electron chi connectivity index (χ0n) is 28.4. The summed E-state index contributed by atoms with van der Waals surface area (Å²) in [4.78, 5) is 10.7. The van der Waals surface area contributed by atoms with E-state index in [1.165, 1.54) is 44.2 Å². The molecule has 2 heterocycles. The molecule has 4 aliphatic rings. The number of aryl methyl sites for hydroxylation is 1. The molecule has 0 amide bonds. The summed E-state index contributed by atoms with van der Waals surface area (Å²) in [6.07, 6.45) is 6.20. The van der Waals surface area contributed by atoms with E-state index >= 15 is 0 Å². The van der Waals surface area contributed by atoms with Gasteiger partial charge in [-0.15, -0.1) is 0 Å². The number of fused-ring (bicyclic) bond motifs is 12. The van der Waals surface area contributed by atoms with Crippen LogP contribution in [0.25, 0.3) is 28.0 Å². The zero-order chi connectivity index (χ0) is 34.2. The van der Waals surface area contributed by atoms with Gasteiger partial charge in [-0.3, -0.25) is 0 Å². The van der Waals surface area contributed by atoms with Crippen LogP contribution >= 0.6 is 0 Å². The number of hydrogen-bond acceptors (Lipinski definition) is 4. The van der Waals surface area contributed by atoms with Gasteiger partial charge in [-0.05, 0) is 69.1 Å². The van der Waals surface area contributed by atoms with Gasteiger partial charge in [0, 0.05) is 27.8 Å². The fourth-order valence-electron chi connectivity index (χ4n) is 8.98. The van der Waals surface area contributed by atoms with Crippen molar-refractivity contribution in [3.05, 3.63) is 208 Å². The zero-order valence-corrected chi connectivity index (χ0v) is 28.4. The van der Waals surface area contributed by atoms with Crippen LogP contribution in [0.2, 0.25) is 0 Å². The van der Waals surface area contributed by atoms with Crippen LogP contribution in [0.3, 0.4) is 0 Å². The van der Waals surface area contributed by atoms with Crippen molar-refractivity contribution >= 4 is 28.5 Å². The average Bonchev–Trinajstić information content (AvgIpc) is 3.51. The van der Waals surface area contributed by atoms with Crippen molar-refractivity contribution in [1.82, 2.24) is 5.32 Å². The van der Waals surface area contributed by atoms with E-state index in [0.717, 1.165) is 63.8 Å². The third-order valence-corrected chi connectivity index (χ3v) is 11.3. The van der Waals surface area contributed by atoms with Gasteiger partial charge in [-0.2, -0.15) is 0 Å². The molecule has 7 aromatic rings. The highest BCUT2D eigenvalue weighted by molar-refractivity contribution is 6.16. The molecule has 0 fully saturated rings. The second kappa shape index (κ2) is 11.2. The minimum Gasteiger partial charge on any atom is -0.456 e. The number of nitrogens with one attached hydrogen (secondary N) is 1. The van der Waals surface area contributed by atoms with Crippen molar-refractivity contribution in [2.45, 2.75) is 24.4 Å². The molecular formula is C48H33N3O. The first-order valence-corrected chi connectivity index (χ1v) is 18.1. The highest BCUT2D eigenvalue weighted by atomic mass is 16.5. The van der Waals surface area contributed by atoms with E-state index in [4.69, 9.17) is 14.7 Å². The van der Waals surface area contributed by atoms with E-state index in [2.05, 4.69) is 163 Å². The Morgan fingerprint density at radius 2 is 1.29 bits per heavy atom. The predicted molar refractivity (Wildman–Crippen MR) is 211 cm³/mol. The first-order valence-electron chi connectivity index (χ1n) is 18.1. The highest BCUT2D eigenvalue weighted by Gasteiger charge is 2.51. The summed E-state index contributed by atoms with van der Waals surface area (Å²) in [5.74, 6) is 3.24. The molecule has 1 unspecified atom stereocenters. The molecule has 0 saturated carbocycles. The quantitative estimate of drug-likeness (QED) is 0.204. The Morgan fingerprint density at radius 3 is 2.10 bits per heavy atom. The number of rotatable bonds is 3. The Morgan fingerprint density at radius 1 is 0.596 bits per heavy atom. The van der Waals surface area contributed by atoms with Crippen molar-refractivity contribution < 1.29 is 4.74 Å². The fraction of sp³-hybridized carbons (Fsp3) is 0.0833. The topological polar surface area (TPSA) is 46.0 Å². The molecule has 0 aromatic heterocycles. The molecule has 1 atom stereocenters. The van der Waals surface area contributed by atoms with Crippen molar-refractivity contribution in [3.8, 4) is 22.6 Å². The maximum Gasteiger partial charge on any atom is 0.173 e. The molecule has 11 rings (SSSR count). The minimum atomic E-state index is -0.551. The number of aliphatic imine (C=N–C) groups is 2. The second-order valence-corrected chi connectivity index (χ2v) is 14.0. The Kier molecular flexibility index (Phi) is 6.32. The minimum absolute atomic E-state index is 0.544. The standard InChI is InChI=1S/C48H33N3O/c1-2-14-31(15-3-1)45-49-46(33-27-28-35-32(29-33)26-25-30-13-4-5-16-34(30)35)51-47(50-45)38-19-12-23-42-44(38)52-43-24-11-10-22-41(43)48(42)39-20-8-6-17-36(39)37-18-7-9-21-40(37)48/h1-3,5-12,14-29,47H,4,13H2,(H,49,50,51). The van der Waals surface area contributed by atoms with Gasteiger partial charge in [0.2, 0.25) is 0 Å². The number of nitrogens with zero attached hydrogens (tertiary/aromatic N) is 2. The SMILES string of the molecule is C1=Cc2c(ccc3cc(C4=NC(c5cccc6c5Oc5ccccc5C65c6ccccc6-c6ccccc65)N=C(c5ccccc5)N4)ccc23)CC1. The maximum atomic E-state index is 7.01. The summed E-state index contributed by atoms with van der Waals surface area (Å²) >= 11 is 0. The molecule has 7 aromatic carbocycles. The van der Waals surface area contributed by atoms with Crippen LogP contribution in [-0.2, 0) is 11.8 Å². The summed E-state index contributed by atoms with van der Waals surface area (Å²) in [6, 6.07) is 54.2. The van der Waals surface area contributed by atoms with Crippen molar-refractivity contribution in [3.63, 3.8) is 0 Å². The van der Waals surface area contributed by atoms with E-state index < -0.39 is 11.6 Å². The maximum absolute atomic E-state index is 7.01. The predicted octanol–water partition coefficient (Wildman–Crippen LogP) is 10.8. The Labute approximate surface area is 302 Å². The van der Waals surface area contributed by atoms with Gasteiger partial charge in [0.25, 0.3) is 0 Å². The van der Waals surface area contributed by atoms with Crippen molar-refractivity contribution in [2.75, 3.05) is 0 Å². The third-order valence-electron chi connectivity index (χ3n) is 11.3. The monoisotopic (exact) mass is 667 g/mol. The molecule has 0 saturated heterocycles. The molecule has 0 radical (unpaired) electrons. The summed E-state index contributed by atoms with van der Waals surface area (Å²) in [5.41, 5.74) is 12.4. The number of allylic oxidation sites excluding steroid dienone is 1. The highest BCUT2D eigenvalue weighted by Crippen LogP contribution is 2.62. The molecule has 2 aliphatic heterocycles. The van der Waals surface area contributed by atoms with E-state index in [1.807, 2.05) is 6.07 Å². The van der Waals surface area contributed by atoms with E-state index in [0.29, 0.717) is 0 Å². The summed E-state index contributed by atoms with van der Waals surface area (Å²) < 4.78 is 7.01. The molecule has 0 bridgehead atoms. The molecule has 4 nitrogen and oxygen atoms in total. The van der Waals surface area contributed by atoms with Gasteiger partial charge in [-0.25, -0.2) is 9.98 Å². The number of amidine groups is 2. The van der Waals surface area contributed by atoms with Crippen LogP contribution in [-0.4, -0.2) is 11.7 Å². The van der Waals surface area contributed by atoms with Gasteiger partial charge in [0.1, 0.15) is 23.2 Å². The van der Waals surface area contributed by atoms with Crippen molar-refractivity contribution in [1.29, 1.82) is 0 Å². The Hall–Kier alpha value is -6.52. The van der Waals surface area contributed by atoms with Crippen LogP contribution in [0.5, 0.6) is 11.5 Å². The van der Waals surface area contributed by atoms with Gasteiger partial charge in [0.15, 0.2) is 6.17 Å². The van der Waals surface area contributed by atoms with E-state index in [-0.39, 0.29) is 0 Å². The van der Waals surface area contributed by atoms with Crippen molar-refractivity contribution in [2.24, 2.45) is 9.98 Å². The van der Waals surface area contributed by atoms with E-state index in [9.17, 15) is 0 Å². The third kappa shape index (κ3) is 4.15. The lowest BCUT2D eigenvalue weighted by molar-refractivity contribution is 0.426. The van der Waals surface area contributed by atoms with E-state index in [1.54, 1.807) is 0 Å². The molecule has 1 spiro atoms. The van der Waals surface area contributed by atoms with Crippen LogP contribution < -0.4 is 10.1 Å². The molecule has 2 aliphatic carbocycles. The van der Waals surface area contributed by atoms with Gasteiger partial charge in [0.05, 0.1) is 5.41 Å². The lowest BCUT2D eigenvalue weighted by atomic mass is 9.65. The summed E-state index contributed by atoms with van der Waals surface area (Å²) in [5, 5.41) is 6.10. The number of ether oxygens (including phenoxy) is 1. The summed E-state index contributed by atoms with van der Waals surface area (Å²) in [6.45, 7) is 0. The lowest BCUT2D eigenvalue weighted by Gasteiger charge is -2.40. The average molecular weight is 668 g/mol. The summed E-state index contributed by atoms with van der Waals surface area (Å²) in [7, 11) is 0. The number of hydrogen-bond donors (Lipinski definition) is 1. The largest absolute Gasteiger partial charge is 0.456 e. The smallest absolute Gasteiger partial charge is 0.173 e. The number of benzene rings is 7. The second-order valence-electron chi connectivity index (χ2n) is 14.0. The van der Waals surface area contributed by atoms with Crippen LogP contribution in [0, 0.1) is 0 Å². The Balaban J connectivity index is 1.13. The Bertz CT molecular complexity index is 2660. The molecule has 1 N–H and O–H groups in total. The molecular weight excluding hydrogens is 635 g/mol. The van der Waals surface area contributed by atoms with Crippen LogP contribution in [0.15, 0.2) is 168 Å². The lowest BCUT2D eigenvalue weighted by Crippen LogP contribution is -2.36. The number of para-hydroxylation sites is 2.